The van der Waals surface area contributed by atoms with Crippen molar-refractivity contribution in [3.63, 3.8) is 0 Å². The van der Waals surface area contributed by atoms with E-state index in [-0.39, 0.29) is 11.2 Å². The van der Waals surface area contributed by atoms with Gasteiger partial charge in [-0.3, -0.25) is 14.7 Å². The van der Waals surface area contributed by atoms with Gasteiger partial charge in [-0.2, -0.15) is 0 Å². The first-order chi connectivity index (χ1) is 14.8. The fraction of sp³-hybridized carbons (Fsp3) is 0.280. The molecule has 1 amide bonds. The average Bonchev–Trinajstić information content (AvgIpc) is 2.82. The summed E-state index contributed by atoms with van der Waals surface area (Å²) < 4.78 is 0. The second-order valence-corrected chi connectivity index (χ2v) is 8.62. The molecule has 0 saturated carbocycles. The Morgan fingerprint density at radius 3 is 1.97 bits per heavy atom. The largest absolute Gasteiger partial charge is 0.339 e. The van der Waals surface area contributed by atoms with Crippen LogP contribution in [0.25, 0.3) is 0 Å². The summed E-state index contributed by atoms with van der Waals surface area (Å²) in [6.07, 6.45) is 3.67. The zero-order chi connectivity index (χ0) is 20.6. The molecule has 3 aromatic rings. The topological polar surface area (TPSA) is 36.4 Å². The predicted molar refractivity (Wildman–Crippen MR) is 123 cm³/mol. The molecular formula is C25H27N3OS. The summed E-state index contributed by atoms with van der Waals surface area (Å²) in [5.41, 5.74) is 3.75. The SMILES string of the molecule is O=C(CSC(c1ccccc1)c1ccccc1)N1CCN(Cc2ccncc2)CC1. The number of aromatic nitrogens is 1. The normalized spacial score (nSPS) is 14.8. The van der Waals surface area contributed by atoms with Crippen LogP contribution in [0.4, 0.5) is 0 Å². The molecule has 1 aliphatic rings. The highest BCUT2D eigenvalue weighted by atomic mass is 32.2. The number of carbonyl (C=O) groups excluding carboxylic acids is 1. The van der Waals surface area contributed by atoms with E-state index in [1.165, 1.54) is 16.7 Å². The molecule has 1 saturated heterocycles. The average molecular weight is 418 g/mol. The molecule has 1 aromatic heterocycles. The summed E-state index contributed by atoms with van der Waals surface area (Å²) in [7, 11) is 0. The fourth-order valence-corrected chi connectivity index (χ4v) is 4.98. The van der Waals surface area contributed by atoms with Crippen LogP contribution in [-0.2, 0) is 11.3 Å². The molecule has 1 fully saturated rings. The van der Waals surface area contributed by atoms with Gasteiger partial charge in [-0.1, -0.05) is 60.7 Å². The van der Waals surface area contributed by atoms with E-state index in [4.69, 9.17) is 0 Å². The third-order valence-corrected chi connectivity index (χ3v) is 6.75. The van der Waals surface area contributed by atoms with Gasteiger partial charge in [-0.15, -0.1) is 11.8 Å². The van der Waals surface area contributed by atoms with Crippen LogP contribution in [0.5, 0.6) is 0 Å². The van der Waals surface area contributed by atoms with Gasteiger partial charge in [-0.05, 0) is 28.8 Å². The lowest BCUT2D eigenvalue weighted by molar-refractivity contribution is -0.130. The van der Waals surface area contributed by atoms with Gasteiger partial charge in [0, 0.05) is 45.1 Å². The molecule has 0 N–H and O–H groups in total. The summed E-state index contributed by atoms with van der Waals surface area (Å²) in [5, 5.41) is 0.171. The van der Waals surface area contributed by atoms with Crippen molar-refractivity contribution in [2.24, 2.45) is 0 Å². The van der Waals surface area contributed by atoms with Gasteiger partial charge in [0.2, 0.25) is 5.91 Å². The molecule has 4 rings (SSSR count). The van der Waals surface area contributed by atoms with Crippen LogP contribution in [0, 0.1) is 0 Å². The summed E-state index contributed by atoms with van der Waals surface area (Å²) in [6, 6.07) is 25.0. The Morgan fingerprint density at radius 2 is 1.40 bits per heavy atom. The van der Waals surface area contributed by atoms with Crippen LogP contribution >= 0.6 is 11.8 Å². The highest BCUT2D eigenvalue weighted by Gasteiger charge is 2.23. The summed E-state index contributed by atoms with van der Waals surface area (Å²) in [5.74, 6) is 0.735. The van der Waals surface area contributed by atoms with Gasteiger partial charge >= 0.3 is 0 Å². The molecule has 2 aromatic carbocycles. The Morgan fingerprint density at radius 1 is 0.833 bits per heavy atom. The first kappa shape index (κ1) is 20.6. The van der Waals surface area contributed by atoms with E-state index < -0.39 is 0 Å². The third-order valence-electron chi connectivity index (χ3n) is 5.46. The Hall–Kier alpha value is -2.63. The zero-order valence-corrected chi connectivity index (χ0v) is 17.9. The number of piperazine rings is 1. The van der Waals surface area contributed by atoms with E-state index in [1.807, 2.05) is 29.4 Å². The van der Waals surface area contributed by atoms with E-state index in [1.54, 1.807) is 11.8 Å². The lowest BCUT2D eigenvalue weighted by Crippen LogP contribution is -2.48. The zero-order valence-electron chi connectivity index (χ0n) is 17.1. The molecule has 1 aliphatic heterocycles. The highest BCUT2D eigenvalue weighted by molar-refractivity contribution is 8.00. The lowest BCUT2D eigenvalue weighted by Gasteiger charge is -2.35. The Kier molecular flexibility index (Phi) is 7.16. The van der Waals surface area contributed by atoms with Crippen molar-refractivity contribution in [1.82, 2.24) is 14.8 Å². The minimum atomic E-state index is 0.171. The molecule has 5 heteroatoms. The number of rotatable bonds is 7. The van der Waals surface area contributed by atoms with Crippen molar-refractivity contribution in [3.8, 4) is 0 Å². The predicted octanol–water partition coefficient (Wildman–Crippen LogP) is 4.25. The van der Waals surface area contributed by atoms with E-state index in [0.29, 0.717) is 5.75 Å². The van der Waals surface area contributed by atoms with Crippen LogP contribution in [0.2, 0.25) is 0 Å². The van der Waals surface area contributed by atoms with Gasteiger partial charge in [0.1, 0.15) is 0 Å². The molecule has 30 heavy (non-hydrogen) atoms. The van der Waals surface area contributed by atoms with Crippen LogP contribution in [0.3, 0.4) is 0 Å². The van der Waals surface area contributed by atoms with E-state index >= 15 is 0 Å². The molecule has 0 spiro atoms. The standard InChI is InChI=1S/C25H27N3OS/c29-24(28-17-15-27(16-18-28)19-21-11-13-26-14-12-21)20-30-25(22-7-3-1-4-8-22)23-9-5-2-6-10-23/h1-14,25H,15-20H2. The van der Waals surface area contributed by atoms with Gasteiger partial charge in [0.25, 0.3) is 0 Å². The smallest absolute Gasteiger partial charge is 0.232 e. The summed E-state index contributed by atoms with van der Waals surface area (Å²) in [4.78, 5) is 21.4. The van der Waals surface area contributed by atoms with E-state index in [9.17, 15) is 4.79 Å². The third kappa shape index (κ3) is 5.49. The number of nitrogens with zero attached hydrogens (tertiary/aromatic N) is 3. The number of carbonyl (C=O) groups is 1. The van der Waals surface area contributed by atoms with Gasteiger partial charge < -0.3 is 4.90 Å². The minimum Gasteiger partial charge on any atom is -0.339 e. The second kappa shape index (κ2) is 10.4. The number of amides is 1. The van der Waals surface area contributed by atoms with Crippen molar-refractivity contribution in [3.05, 3.63) is 102 Å². The molecule has 0 unspecified atom stereocenters. The molecule has 0 bridgehead atoms. The Bertz CT molecular complexity index is 873. The van der Waals surface area contributed by atoms with Gasteiger partial charge in [-0.25, -0.2) is 0 Å². The van der Waals surface area contributed by atoms with Crippen LogP contribution in [-0.4, -0.2) is 52.6 Å². The maximum absolute atomic E-state index is 12.9. The fourth-order valence-electron chi connectivity index (χ4n) is 3.79. The summed E-state index contributed by atoms with van der Waals surface area (Å²) >= 11 is 1.72. The summed E-state index contributed by atoms with van der Waals surface area (Å²) in [6.45, 7) is 4.35. The minimum absolute atomic E-state index is 0.171. The second-order valence-electron chi connectivity index (χ2n) is 7.52. The number of pyridine rings is 1. The quantitative estimate of drug-likeness (QED) is 0.576. The van der Waals surface area contributed by atoms with Gasteiger partial charge in [0.05, 0.1) is 11.0 Å². The maximum atomic E-state index is 12.9. The Balaban J connectivity index is 1.32. The lowest BCUT2D eigenvalue weighted by atomic mass is 10.0. The molecule has 0 radical (unpaired) electrons. The Labute approximate surface area is 182 Å². The van der Waals surface area contributed by atoms with Crippen molar-refractivity contribution in [2.75, 3.05) is 31.9 Å². The number of hydrogen-bond donors (Lipinski definition) is 0. The van der Waals surface area contributed by atoms with Crippen molar-refractivity contribution >= 4 is 17.7 Å². The highest BCUT2D eigenvalue weighted by Crippen LogP contribution is 2.35. The van der Waals surface area contributed by atoms with Crippen molar-refractivity contribution in [2.45, 2.75) is 11.8 Å². The molecule has 0 aliphatic carbocycles. The van der Waals surface area contributed by atoms with Crippen LogP contribution in [0.1, 0.15) is 21.9 Å². The van der Waals surface area contributed by atoms with E-state index in [2.05, 4.69) is 70.5 Å². The molecular weight excluding hydrogens is 390 g/mol. The molecule has 154 valence electrons. The molecule has 0 atom stereocenters. The monoisotopic (exact) mass is 417 g/mol. The first-order valence-corrected chi connectivity index (χ1v) is 11.4. The first-order valence-electron chi connectivity index (χ1n) is 10.4. The number of thioether (sulfide) groups is 1. The molecule has 2 heterocycles. The number of hydrogen-bond acceptors (Lipinski definition) is 4. The maximum Gasteiger partial charge on any atom is 0.232 e. The van der Waals surface area contributed by atoms with Crippen LogP contribution in [0.15, 0.2) is 85.2 Å². The molecule has 4 nitrogen and oxygen atoms in total. The number of benzene rings is 2. The van der Waals surface area contributed by atoms with Crippen molar-refractivity contribution in [1.29, 1.82) is 0 Å². The van der Waals surface area contributed by atoms with Crippen LogP contribution < -0.4 is 0 Å². The van der Waals surface area contributed by atoms with Crippen molar-refractivity contribution < 1.29 is 4.79 Å². The van der Waals surface area contributed by atoms with E-state index in [0.717, 1.165) is 32.7 Å². The van der Waals surface area contributed by atoms with Gasteiger partial charge in [0.15, 0.2) is 0 Å².